The first-order valence-corrected chi connectivity index (χ1v) is 8.43. The molecule has 0 bridgehead atoms. The van der Waals surface area contributed by atoms with Gasteiger partial charge >= 0.3 is 6.03 Å². The molecule has 1 N–H and O–H groups in total. The summed E-state index contributed by atoms with van der Waals surface area (Å²) in [4.78, 5) is 16.3. The number of halogens is 1. The summed E-state index contributed by atoms with van der Waals surface area (Å²) in [5, 5.41) is 2.90. The molecule has 1 aliphatic heterocycles. The van der Waals surface area contributed by atoms with E-state index in [-0.39, 0.29) is 17.6 Å². The van der Waals surface area contributed by atoms with E-state index in [1.54, 1.807) is 23.1 Å². The van der Waals surface area contributed by atoms with E-state index in [9.17, 15) is 9.18 Å². The molecule has 1 aliphatic rings. The van der Waals surface area contributed by atoms with Crippen LogP contribution in [0, 0.1) is 5.82 Å². The molecule has 0 unspecified atom stereocenters. The number of benzene rings is 2. The summed E-state index contributed by atoms with van der Waals surface area (Å²) in [6, 6.07) is 15.8. The van der Waals surface area contributed by atoms with Crippen LogP contribution in [0.5, 0.6) is 5.75 Å². The van der Waals surface area contributed by atoms with E-state index in [4.69, 9.17) is 4.74 Å². The number of hydrogen-bond acceptors (Lipinski definition) is 3. The molecule has 0 aromatic heterocycles. The molecule has 2 aromatic rings. The first-order chi connectivity index (χ1) is 12.2. The van der Waals surface area contributed by atoms with Crippen LogP contribution in [-0.4, -0.2) is 55.2 Å². The second-order valence-electron chi connectivity index (χ2n) is 5.90. The smallest absolute Gasteiger partial charge is 0.321 e. The Hall–Kier alpha value is -2.60. The van der Waals surface area contributed by atoms with Gasteiger partial charge in [0.1, 0.15) is 6.61 Å². The van der Waals surface area contributed by atoms with Gasteiger partial charge in [-0.25, -0.2) is 9.18 Å². The first kappa shape index (κ1) is 17.2. The van der Waals surface area contributed by atoms with Crippen molar-refractivity contribution in [3.05, 3.63) is 60.4 Å². The molecular weight excluding hydrogens is 321 g/mol. The van der Waals surface area contributed by atoms with Gasteiger partial charge in [-0.2, -0.15) is 0 Å². The fourth-order valence-electron chi connectivity index (χ4n) is 2.75. The molecule has 1 saturated heterocycles. The Morgan fingerprint density at radius 1 is 1.00 bits per heavy atom. The zero-order chi connectivity index (χ0) is 17.5. The van der Waals surface area contributed by atoms with Crippen LogP contribution in [-0.2, 0) is 0 Å². The van der Waals surface area contributed by atoms with E-state index in [1.807, 2.05) is 30.3 Å². The van der Waals surface area contributed by atoms with Gasteiger partial charge in [0.2, 0.25) is 0 Å². The second kappa shape index (κ2) is 8.48. The lowest BCUT2D eigenvalue weighted by Crippen LogP contribution is -2.50. The van der Waals surface area contributed by atoms with E-state index in [2.05, 4.69) is 10.2 Å². The highest BCUT2D eigenvalue weighted by molar-refractivity contribution is 5.89. The van der Waals surface area contributed by atoms with Crippen LogP contribution in [0.2, 0.25) is 0 Å². The molecule has 6 heteroatoms. The van der Waals surface area contributed by atoms with Gasteiger partial charge in [0.25, 0.3) is 0 Å². The fraction of sp³-hybridized carbons (Fsp3) is 0.316. The number of carbonyl (C=O) groups excluding carboxylic acids is 1. The predicted molar refractivity (Wildman–Crippen MR) is 95.4 cm³/mol. The summed E-state index contributed by atoms with van der Waals surface area (Å²) in [7, 11) is 0. The van der Waals surface area contributed by atoms with Gasteiger partial charge in [0.05, 0.1) is 0 Å². The van der Waals surface area contributed by atoms with Crippen molar-refractivity contribution in [2.75, 3.05) is 44.6 Å². The Bertz CT molecular complexity index is 688. The first-order valence-electron chi connectivity index (χ1n) is 8.43. The monoisotopic (exact) mass is 343 g/mol. The van der Waals surface area contributed by atoms with Crippen LogP contribution in [0.25, 0.3) is 0 Å². The molecule has 132 valence electrons. The van der Waals surface area contributed by atoms with Gasteiger partial charge in [0, 0.05) is 38.4 Å². The van der Waals surface area contributed by atoms with Crippen LogP contribution >= 0.6 is 0 Å². The van der Waals surface area contributed by atoms with Crippen molar-refractivity contribution >= 4 is 11.7 Å². The van der Waals surface area contributed by atoms with Crippen molar-refractivity contribution in [3.63, 3.8) is 0 Å². The molecule has 0 spiro atoms. The van der Waals surface area contributed by atoms with Gasteiger partial charge in [-0.1, -0.05) is 30.3 Å². The molecular formula is C19H22FN3O2. The van der Waals surface area contributed by atoms with Crippen molar-refractivity contribution in [1.29, 1.82) is 0 Å². The normalized spacial score (nSPS) is 15.0. The number of anilines is 1. The van der Waals surface area contributed by atoms with E-state index in [0.29, 0.717) is 26.2 Å². The van der Waals surface area contributed by atoms with Crippen LogP contribution in [0.3, 0.4) is 0 Å². The third-order valence-corrected chi connectivity index (χ3v) is 4.19. The van der Waals surface area contributed by atoms with Gasteiger partial charge in [0.15, 0.2) is 11.6 Å². The lowest BCUT2D eigenvalue weighted by molar-refractivity contribution is 0.131. The zero-order valence-corrected chi connectivity index (χ0v) is 14.0. The van der Waals surface area contributed by atoms with E-state index >= 15 is 0 Å². The number of piperazine rings is 1. The summed E-state index contributed by atoms with van der Waals surface area (Å²) in [6.07, 6.45) is 0. The molecule has 0 saturated carbocycles. The van der Waals surface area contributed by atoms with Crippen molar-refractivity contribution in [3.8, 4) is 5.75 Å². The average Bonchev–Trinajstić information content (AvgIpc) is 2.65. The maximum absolute atomic E-state index is 13.5. The minimum atomic E-state index is -0.343. The highest BCUT2D eigenvalue weighted by Crippen LogP contribution is 2.15. The molecule has 1 fully saturated rings. The Kier molecular flexibility index (Phi) is 5.85. The zero-order valence-electron chi connectivity index (χ0n) is 14.0. The minimum Gasteiger partial charge on any atom is -0.489 e. The highest BCUT2D eigenvalue weighted by atomic mass is 19.1. The number of para-hydroxylation sites is 2. The number of carbonyl (C=O) groups is 1. The van der Waals surface area contributed by atoms with Crippen LogP contribution < -0.4 is 10.1 Å². The predicted octanol–water partition coefficient (Wildman–Crippen LogP) is 3.05. The topological polar surface area (TPSA) is 44.8 Å². The fourth-order valence-corrected chi connectivity index (χ4v) is 2.75. The maximum Gasteiger partial charge on any atom is 0.321 e. The van der Waals surface area contributed by atoms with Crippen molar-refractivity contribution in [1.82, 2.24) is 9.80 Å². The van der Waals surface area contributed by atoms with Crippen molar-refractivity contribution in [2.45, 2.75) is 0 Å². The molecule has 5 nitrogen and oxygen atoms in total. The Labute approximate surface area is 147 Å². The standard InChI is InChI=1S/C19H22FN3O2/c20-17-8-4-5-9-18(17)25-15-14-22-10-12-23(13-11-22)19(24)21-16-6-2-1-3-7-16/h1-9H,10-15H2,(H,21,24). The van der Waals surface area contributed by atoms with E-state index in [1.165, 1.54) is 6.07 Å². The number of nitrogens with one attached hydrogen (secondary N) is 1. The maximum atomic E-state index is 13.5. The summed E-state index contributed by atoms with van der Waals surface area (Å²) in [5.74, 6) is -0.0618. The van der Waals surface area contributed by atoms with Crippen LogP contribution in [0.1, 0.15) is 0 Å². The molecule has 0 aliphatic carbocycles. The number of amides is 2. The summed E-state index contributed by atoms with van der Waals surface area (Å²) < 4.78 is 19.0. The number of rotatable bonds is 5. The number of urea groups is 1. The SMILES string of the molecule is O=C(Nc1ccccc1)N1CCN(CCOc2ccccc2F)CC1. The summed E-state index contributed by atoms with van der Waals surface area (Å²) in [5.41, 5.74) is 0.799. The van der Waals surface area contributed by atoms with Crippen LogP contribution in [0.4, 0.5) is 14.9 Å². The molecule has 0 radical (unpaired) electrons. The summed E-state index contributed by atoms with van der Waals surface area (Å²) >= 11 is 0. The van der Waals surface area contributed by atoms with Crippen LogP contribution in [0.15, 0.2) is 54.6 Å². The van der Waals surface area contributed by atoms with Gasteiger partial charge in [-0.15, -0.1) is 0 Å². The van der Waals surface area contributed by atoms with Gasteiger partial charge < -0.3 is 15.0 Å². The molecule has 2 amide bonds. The van der Waals surface area contributed by atoms with Gasteiger partial charge in [-0.05, 0) is 24.3 Å². The molecule has 3 rings (SSSR count). The lowest BCUT2D eigenvalue weighted by atomic mass is 10.3. The highest BCUT2D eigenvalue weighted by Gasteiger charge is 2.21. The van der Waals surface area contributed by atoms with E-state index in [0.717, 1.165) is 18.8 Å². The Morgan fingerprint density at radius 2 is 1.68 bits per heavy atom. The summed E-state index contributed by atoms with van der Waals surface area (Å²) in [6.45, 7) is 4.03. The van der Waals surface area contributed by atoms with Crippen molar-refractivity contribution in [2.24, 2.45) is 0 Å². The second-order valence-corrected chi connectivity index (χ2v) is 5.90. The average molecular weight is 343 g/mol. The largest absolute Gasteiger partial charge is 0.489 e. The van der Waals surface area contributed by atoms with Crippen molar-refractivity contribution < 1.29 is 13.9 Å². The molecule has 1 heterocycles. The number of hydrogen-bond donors (Lipinski definition) is 1. The Balaban J connectivity index is 1.38. The minimum absolute atomic E-state index is 0.0755. The number of ether oxygens (including phenoxy) is 1. The Morgan fingerprint density at radius 3 is 2.40 bits per heavy atom. The quantitative estimate of drug-likeness (QED) is 0.907. The number of nitrogens with zero attached hydrogens (tertiary/aromatic N) is 2. The molecule has 25 heavy (non-hydrogen) atoms. The third kappa shape index (κ3) is 4.93. The van der Waals surface area contributed by atoms with E-state index < -0.39 is 0 Å². The third-order valence-electron chi connectivity index (χ3n) is 4.19. The molecule has 0 atom stereocenters. The lowest BCUT2D eigenvalue weighted by Gasteiger charge is -2.34. The molecule has 2 aromatic carbocycles. The van der Waals surface area contributed by atoms with Gasteiger partial charge in [-0.3, -0.25) is 4.90 Å².